The zero-order valence-electron chi connectivity index (χ0n) is 10.2. The number of hydrogen-bond acceptors (Lipinski definition) is 2. The maximum Gasteiger partial charge on any atom is 0.434 e. The maximum atomic E-state index is 13.8. The van der Waals surface area contributed by atoms with Crippen LogP contribution in [0.3, 0.4) is 0 Å². The van der Waals surface area contributed by atoms with E-state index < -0.39 is 29.2 Å². The Kier molecular flexibility index (Phi) is 3.24. The first-order valence-electron chi connectivity index (χ1n) is 5.44. The standard InChI is InChI=1S/C12H9F4N3O/c1-6-3-2-4-8(13)9(6)19-10(12(14,15)16)7(5-18-19)11(17)20/h2-5H,1H3,(H2,17,20). The molecule has 8 heteroatoms. The lowest BCUT2D eigenvalue weighted by Crippen LogP contribution is -2.21. The van der Waals surface area contributed by atoms with Crippen LogP contribution in [0.15, 0.2) is 24.4 Å². The lowest BCUT2D eigenvalue weighted by molar-refractivity contribution is -0.143. The predicted octanol–water partition coefficient (Wildman–Crippen LogP) is 2.44. The molecule has 0 bridgehead atoms. The van der Waals surface area contributed by atoms with E-state index in [0.29, 0.717) is 10.9 Å². The monoisotopic (exact) mass is 287 g/mol. The molecule has 2 rings (SSSR count). The van der Waals surface area contributed by atoms with Crippen molar-refractivity contribution in [2.24, 2.45) is 5.73 Å². The molecule has 0 aliphatic carbocycles. The van der Waals surface area contributed by atoms with Crippen LogP contribution in [0.25, 0.3) is 5.69 Å². The Hall–Kier alpha value is -2.38. The Morgan fingerprint density at radius 1 is 1.35 bits per heavy atom. The summed E-state index contributed by atoms with van der Waals surface area (Å²) in [6.45, 7) is 1.43. The lowest BCUT2D eigenvalue weighted by Gasteiger charge is -2.14. The molecule has 0 saturated carbocycles. The van der Waals surface area contributed by atoms with Gasteiger partial charge in [-0.15, -0.1) is 0 Å². The fourth-order valence-corrected chi connectivity index (χ4v) is 1.86. The molecular formula is C12H9F4N3O. The quantitative estimate of drug-likeness (QED) is 0.862. The Balaban J connectivity index is 2.80. The van der Waals surface area contributed by atoms with Gasteiger partial charge in [0.25, 0.3) is 5.91 Å². The van der Waals surface area contributed by atoms with Crippen LogP contribution < -0.4 is 5.73 Å². The van der Waals surface area contributed by atoms with E-state index in [-0.39, 0.29) is 11.3 Å². The van der Waals surface area contributed by atoms with E-state index in [4.69, 9.17) is 5.73 Å². The van der Waals surface area contributed by atoms with E-state index in [0.717, 1.165) is 6.07 Å². The third-order valence-electron chi connectivity index (χ3n) is 2.70. The van der Waals surface area contributed by atoms with Crippen LogP contribution >= 0.6 is 0 Å². The van der Waals surface area contributed by atoms with E-state index in [1.54, 1.807) is 0 Å². The maximum absolute atomic E-state index is 13.8. The molecule has 106 valence electrons. The number of aromatic nitrogens is 2. The number of amides is 1. The van der Waals surface area contributed by atoms with Crippen LogP contribution in [-0.2, 0) is 6.18 Å². The number of nitrogens with zero attached hydrogens (tertiary/aromatic N) is 2. The molecule has 0 atom stereocenters. The highest BCUT2D eigenvalue weighted by Crippen LogP contribution is 2.34. The van der Waals surface area contributed by atoms with Gasteiger partial charge in [0.1, 0.15) is 11.5 Å². The normalized spacial score (nSPS) is 11.7. The number of benzene rings is 1. The summed E-state index contributed by atoms with van der Waals surface area (Å²) < 4.78 is 53.3. The lowest BCUT2D eigenvalue weighted by atomic mass is 10.1. The van der Waals surface area contributed by atoms with E-state index in [1.807, 2.05) is 0 Å². The van der Waals surface area contributed by atoms with Gasteiger partial charge < -0.3 is 5.73 Å². The van der Waals surface area contributed by atoms with E-state index in [9.17, 15) is 22.4 Å². The second-order valence-electron chi connectivity index (χ2n) is 4.09. The third kappa shape index (κ3) is 2.24. The molecule has 2 N–H and O–H groups in total. The molecule has 1 aromatic carbocycles. The fourth-order valence-electron chi connectivity index (χ4n) is 1.86. The fraction of sp³-hybridized carbons (Fsp3) is 0.167. The number of carbonyl (C=O) groups is 1. The molecule has 20 heavy (non-hydrogen) atoms. The van der Waals surface area contributed by atoms with Crippen molar-refractivity contribution in [1.29, 1.82) is 0 Å². The van der Waals surface area contributed by atoms with Gasteiger partial charge in [-0.3, -0.25) is 4.79 Å². The number of hydrogen-bond donors (Lipinski definition) is 1. The first kappa shape index (κ1) is 14.0. The van der Waals surface area contributed by atoms with Crippen molar-refractivity contribution in [3.05, 3.63) is 47.0 Å². The Morgan fingerprint density at radius 3 is 2.50 bits per heavy atom. The van der Waals surface area contributed by atoms with Gasteiger partial charge >= 0.3 is 6.18 Å². The van der Waals surface area contributed by atoms with Crippen LogP contribution in [0.4, 0.5) is 17.6 Å². The van der Waals surface area contributed by atoms with Gasteiger partial charge in [0.15, 0.2) is 5.69 Å². The zero-order chi connectivity index (χ0) is 15.1. The minimum absolute atomic E-state index is 0.245. The molecule has 1 amide bonds. The SMILES string of the molecule is Cc1cccc(F)c1-n1ncc(C(N)=O)c1C(F)(F)F. The first-order chi connectivity index (χ1) is 9.23. The zero-order valence-corrected chi connectivity index (χ0v) is 10.2. The average Bonchev–Trinajstić information content (AvgIpc) is 2.73. The smallest absolute Gasteiger partial charge is 0.365 e. The second-order valence-corrected chi connectivity index (χ2v) is 4.09. The molecule has 0 aliphatic heterocycles. The van der Waals surface area contributed by atoms with E-state index in [2.05, 4.69) is 5.10 Å². The first-order valence-corrected chi connectivity index (χ1v) is 5.44. The third-order valence-corrected chi connectivity index (χ3v) is 2.70. The van der Waals surface area contributed by atoms with Gasteiger partial charge in [0.2, 0.25) is 0 Å². The van der Waals surface area contributed by atoms with Gasteiger partial charge in [-0.2, -0.15) is 18.3 Å². The predicted molar refractivity (Wildman–Crippen MR) is 61.8 cm³/mol. The molecule has 4 nitrogen and oxygen atoms in total. The topological polar surface area (TPSA) is 60.9 Å². The molecule has 0 unspecified atom stereocenters. The van der Waals surface area contributed by atoms with Crippen molar-refractivity contribution in [2.75, 3.05) is 0 Å². The van der Waals surface area contributed by atoms with E-state index in [1.165, 1.54) is 19.1 Å². The number of alkyl halides is 3. The second kappa shape index (κ2) is 4.62. The molecule has 2 aromatic rings. The molecule has 0 saturated heterocycles. The average molecular weight is 287 g/mol. The van der Waals surface area contributed by atoms with Crippen molar-refractivity contribution in [3.8, 4) is 5.69 Å². The molecular weight excluding hydrogens is 278 g/mol. The molecule has 1 aromatic heterocycles. The summed E-state index contributed by atoms with van der Waals surface area (Å²) in [7, 11) is 0. The highest BCUT2D eigenvalue weighted by atomic mass is 19.4. The van der Waals surface area contributed by atoms with Crippen molar-refractivity contribution < 1.29 is 22.4 Å². The summed E-state index contributed by atoms with van der Waals surface area (Å²) in [5, 5.41) is 3.45. The van der Waals surface area contributed by atoms with Crippen molar-refractivity contribution in [1.82, 2.24) is 9.78 Å². The number of para-hydroxylation sites is 1. The number of primary amides is 1. The molecule has 1 heterocycles. The van der Waals surface area contributed by atoms with Crippen LogP contribution in [0.5, 0.6) is 0 Å². The highest BCUT2D eigenvalue weighted by Gasteiger charge is 2.40. The highest BCUT2D eigenvalue weighted by molar-refractivity contribution is 5.94. The number of aryl methyl sites for hydroxylation is 1. The summed E-state index contributed by atoms with van der Waals surface area (Å²) in [4.78, 5) is 11.1. The number of rotatable bonds is 2. The van der Waals surface area contributed by atoms with Gasteiger partial charge in [-0.05, 0) is 18.6 Å². The Morgan fingerprint density at radius 2 is 2.00 bits per heavy atom. The van der Waals surface area contributed by atoms with Gasteiger partial charge in [-0.1, -0.05) is 12.1 Å². The summed E-state index contributed by atoms with van der Waals surface area (Å²) in [5.41, 5.74) is 2.57. The minimum Gasteiger partial charge on any atom is -0.365 e. The largest absolute Gasteiger partial charge is 0.434 e. The summed E-state index contributed by atoms with van der Waals surface area (Å²) in [6.07, 6.45) is -4.22. The molecule has 0 aliphatic rings. The van der Waals surface area contributed by atoms with Crippen LogP contribution in [0.2, 0.25) is 0 Å². The summed E-state index contributed by atoms with van der Waals surface area (Å²) in [6, 6.07) is 3.80. The number of nitrogens with two attached hydrogens (primary N) is 1. The molecule has 0 spiro atoms. The summed E-state index contributed by atoms with van der Waals surface area (Å²) in [5.74, 6) is -2.16. The molecule has 0 fully saturated rings. The van der Waals surface area contributed by atoms with Crippen molar-refractivity contribution >= 4 is 5.91 Å². The van der Waals surface area contributed by atoms with Crippen LogP contribution in [0.1, 0.15) is 21.6 Å². The number of halogens is 4. The van der Waals surface area contributed by atoms with Gasteiger partial charge in [0.05, 0.1) is 11.8 Å². The minimum atomic E-state index is -4.89. The van der Waals surface area contributed by atoms with Crippen molar-refractivity contribution in [3.63, 3.8) is 0 Å². The van der Waals surface area contributed by atoms with E-state index >= 15 is 0 Å². The van der Waals surface area contributed by atoms with Gasteiger partial charge in [0, 0.05) is 0 Å². The van der Waals surface area contributed by atoms with Crippen LogP contribution in [0, 0.1) is 12.7 Å². The summed E-state index contributed by atoms with van der Waals surface area (Å²) >= 11 is 0. The Labute approximate surface area is 110 Å². The number of carbonyl (C=O) groups excluding carboxylic acids is 1. The Bertz CT molecular complexity index is 656. The van der Waals surface area contributed by atoms with Gasteiger partial charge in [-0.25, -0.2) is 9.07 Å². The van der Waals surface area contributed by atoms with Crippen LogP contribution in [-0.4, -0.2) is 15.7 Å². The van der Waals surface area contributed by atoms with Crippen molar-refractivity contribution in [2.45, 2.75) is 13.1 Å². The molecule has 0 radical (unpaired) electrons.